The predicted molar refractivity (Wildman–Crippen MR) is 97.0 cm³/mol. The molecule has 0 aromatic rings. The topological polar surface area (TPSA) is 79.0 Å². The molecule has 0 aromatic heterocycles. The number of likely N-dealkylation sites (tertiary alicyclic amines) is 1. The zero-order valence-corrected chi connectivity index (χ0v) is 15.8. The summed E-state index contributed by atoms with van der Waals surface area (Å²) in [6.45, 7) is 6.93. The van der Waals surface area contributed by atoms with Crippen LogP contribution in [-0.4, -0.2) is 77.5 Å². The smallest absolute Gasteiger partial charge is 0.397 e. The number of rotatable bonds is 6. The van der Waals surface area contributed by atoms with Gasteiger partial charge in [-0.15, -0.1) is 6.58 Å². The number of esters is 1. The molecule has 2 aliphatic rings. The molecule has 0 aliphatic carbocycles. The zero-order chi connectivity index (χ0) is 18.4. The standard InChI is InChI=1S/C17H27N3O4S/c1-4-9-20-14(21)13(6-12-25-3)18-17(20)7-10-19(11-8-17)15(22)16(23)24-5-2/h4,13,18H,1,5-12H2,2-3H3. The van der Waals surface area contributed by atoms with E-state index < -0.39 is 17.5 Å². The molecular weight excluding hydrogens is 342 g/mol. The first-order chi connectivity index (χ1) is 12.0. The van der Waals surface area contributed by atoms with Gasteiger partial charge in [0, 0.05) is 32.5 Å². The van der Waals surface area contributed by atoms with Crippen LogP contribution in [0.2, 0.25) is 0 Å². The third-order valence-corrected chi connectivity index (χ3v) is 5.42. The second-order valence-corrected chi connectivity index (χ2v) is 7.25. The van der Waals surface area contributed by atoms with Crippen LogP contribution in [0.15, 0.2) is 12.7 Å². The van der Waals surface area contributed by atoms with Gasteiger partial charge in [-0.1, -0.05) is 6.08 Å². The van der Waals surface area contributed by atoms with Crippen LogP contribution < -0.4 is 5.32 Å². The van der Waals surface area contributed by atoms with Crippen molar-refractivity contribution in [3.05, 3.63) is 12.7 Å². The number of nitrogens with zero attached hydrogens (tertiary/aromatic N) is 2. The van der Waals surface area contributed by atoms with Gasteiger partial charge in [-0.3, -0.25) is 14.9 Å². The summed E-state index contributed by atoms with van der Waals surface area (Å²) in [4.78, 5) is 39.8. The fourth-order valence-corrected chi connectivity index (χ4v) is 3.98. The van der Waals surface area contributed by atoms with Gasteiger partial charge in [0.1, 0.15) is 0 Å². The SMILES string of the molecule is C=CCN1C(=O)C(CCSC)NC12CCN(C(=O)C(=O)OCC)CC2. The number of amides is 2. The molecule has 140 valence electrons. The third-order valence-electron chi connectivity index (χ3n) is 4.77. The highest BCUT2D eigenvalue weighted by molar-refractivity contribution is 7.98. The van der Waals surface area contributed by atoms with E-state index in [1.165, 1.54) is 4.90 Å². The first-order valence-electron chi connectivity index (χ1n) is 8.64. The number of carbonyl (C=O) groups excluding carboxylic acids is 3. The van der Waals surface area contributed by atoms with E-state index in [1.54, 1.807) is 24.8 Å². The number of hydrogen-bond donors (Lipinski definition) is 1. The average Bonchev–Trinajstić information content (AvgIpc) is 2.86. The van der Waals surface area contributed by atoms with Gasteiger partial charge in [0.05, 0.1) is 18.3 Å². The fraction of sp³-hybridized carbons (Fsp3) is 0.706. The molecule has 1 atom stereocenters. The molecule has 0 aromatic carbocycles. The average molecular weight is 369 g/mol. The number of ether oxygens (including phenoxy) is 1. The highest BCUT2D eigenvalue weighted by atomic mass is 32.2. The first kappa shape index (κ1) is 19.8. The van der Waals surface area contributed by atoms with Crippen molar-refractivity contribution in [2.45, 2.75) is 37.9 Å². The van der Waals surface area contributed by atoms with Crippen molar-refractivity contribution in [2.24, 2.45) is 0 Å². The minimum atomic E-state index is -0.810. The molecule has 8 heteroatoms. The third kappa shape index (κ3) is 4.17. The Labute approximate surface area is 153 Å². The maximum absolute atomic E-state index is 12.7. The second kappa shape index (κ2) is 8.71. The number of hydrogen-bond acceptors (Lipinski definition) is 6. The molecule has 2 heterocycles. The van der Waals surface area contributed by atoms with E-state index in [0.717, 1.165) is 12.2 Å². The lowest BCUT2D eigenvalue weighted by atomic mass is 9.95. The summed E-state index contributed by atoms with van der Waals surface area (Å²) < 4.78 is 4.79. The van der Waals surface area contributed by atoms with E-state index in [2.05, 4.69) is 11.9 Å². The maximum Gasteiger partial charge on any atom is 0.397 e. The van der Waals surface area contributed by atoms with Crippen molar-refractivity contribution in [1.29, 1.82) is 0 Å². The van der Waals surface area contributed by atoms with Crippen molar-refractivity contribution in [1.82, 2.24) is 15.1 Å². The Kier molecular flexibility index (Phi) is 6.89. The van der Waals surface area contributed by atoms with E-state index in [4.69, 9.17) is 4.74 Å². The van der Waals surface area contributed by atoms with Crippen LogP contribution in [0.3, 0.4) is 0 Å². The normalized spacial score (nSPS) is 22.3. The lowest BCUT2D eigenvalue weighted by Crippen LogP contribution is -2.60. The number of piperidine rings is 1. The highest BCUT2D eigenvalue weighted by Crippen LogP contribution is 2.33. The molecule has 2 amide bonds. The Balaban J connectivity index is 2.05. The van der Waals surface area contributed by atoms with Crippen molar-refractivity contribution in [2.75, 3.05) is 38.2 Å². The van der Waals surface area contributed by atoms with Gasteiger partial charge >= 0.3 is 11.9 Å². The van der Waals surface area contributed by atoms with E-state index in [1.807, 2.05) is 11.2 Å². The van der Waals surface area contributed by atoms with Gasteiger partial charge in [0.15, 0.2) is 0 Å². The van der Waals surface area contributed by atoms with Crippen LogP contribution in [0.1, 0.15) is 26.2 Å². The Morgan fingerprint density at radius 2 is 2.12 bits per heavy atom. The monoisotopic (exact) mass is 369 g/mol. The van der Waals surface area contributed by atoms with Crippen LogP contribution in [0.5, 0.6) is 0 Å². The molecule has 25 heavy (non-hydrogen) atoms. The van der Waals surface area contributed by atoms with Crippen LogP contribution in [-0.2, 0) is 19.1 Å². The Morgan fingerprint density at radius 1 is 1.44 bits per heavy atom. The van der Waals surface area contributed by atoms with E-state index in [-0.39, 0.29) is 18.6 Å². The summed E-state index contributed by atoms with van der Waals surface area (Å²) >= 11 is 1.72. The van der Waals surface area contributed by atoms with Gasteiger partial charge in [-0.25, -0.2) is 4.79 Å². The predicted octanol–water partition coefficient (Wildman–Crippen LogP) is 0.608. The largest absolute Gasteiger partial charge is 0.459 e. The molecular formula is C17H27N3O4S. The van der Waals surface area contributed by atoms with Gasteiger partial charge in [-0.2, -0.15) is 11.8 Å². The molecule has 0 saturated carbocycles. The van der Waals surface area contributed by atoms with Crippen LogP contribution >= 0.6 is 11.8 Å². The molecule has 2 saturated heterocycles. The summed E-state index contributed by atoms with van der Waals surface area (Å²) in [5.41, 5.74) is -0.459. The molecule has 1 spiro atoms. The lowest BCUT2D eigenvalue weighted by Gasteiger charge is -2.44. The van der Waals surface area contributed by atoms with Crippen LogP contribution in [0.25, 0.3) is 0 Å². The Bertz CT molecular complexity index is 532. The summed E-state index contributed by atoms with van der Waals surface area (Å²) in [7, 11) is 0. The molecule has 0 radical (unpaired) electrons. The number of nitrogens with one attached hydrogen (secondary N) is 1. The summed E-state index contributed by atoms with van der Waals surface area (Å²) in [6.07, 6.45) is 5.71. The van der Waals surface area contributed by atoms with Crippen molar-refractivity contribution in [3.8, 4) is 0 Å². The molecule has 2 fully saturated rings. The number of thioether (sulfide) groups is 1. The molecule has 7 nitrogen and oxygen atoms in total. The minimum absolute atomic E-state index is 0.0964. The zero-order valence-electron chi connectivity index (χ0n) is 15.0. The Hall–Kier alpha value is -1.54. The molecule has 0 bridgehead atoms. The molecule has 2 rings (SSSR count). The Morgan fingerprint density at radius 3 is 2.68 bits per heavy atom. The van der Waals surface area contributed by atoms with Crippen molar-refractivity contribution in [3.63, 3.8) is 0 Å². The molecule has 1 unspecified atom stereocenters. The molecule has 1 N–H and O–H groups in total. The van der Waals surface area contributed by atoms with Crippen molar-refractivity contribution >= 4 is 29.5 Å². The summed E-state index contributed by atoms with van der Waals surface area (Å²) in [5.74, 6) is -0.404. The second-order valence-electron chi connectivity index (χ2n) is 6.26. The van der Waals surface area contributed by atoms with Gasteiger partial charge in [0.2, 0.25) is 5.91 Å². The van der Waals surface area contributed by atoms with E-state index in [0.29, 0.717) is 32.5 Å². The van der Waals surface area contributed by atoms with Gasteiger partial charge in [0.25, 0.3) is 0 Å². The van der Waals surface area contributed by atoms with Crippen molar-refractivity contribution < 1.29 is 19.1 Å². The maximum atomic E-state index is 12.7. The summed E-state index contributed by atoms with van der Waals surface area (Å²) in [5, 5.41) is 3.50. The quantitative estimate of drug-likeness (QED) is 0.420. The number of carbonyl (C=O) groups is 3. The van der Waals surface area contributed by atoms with Crippen LogP contribution in [0, 0.1) is 0 Å². The van der Waals surface area contributed by atoms with E-state index >= 15 is 0 Å². The molecule has 2 aliphatic heterocycles. The first-order valence-corrected chi connectivity index (χ1v) is 10.0. The minimum Gasteiger partial charge on any atom is -0.459 e. The van der Waals surface area contributed by atoms with E-state index in [9.17, 15) is 14.4 Å². The fourth-order valence-electron chi connectivity index (χ4n) is 3.50. The summed E-state index contributed by atoms with van der Waals surface area (Å²) in [6, 6.07) is -0.195. The highest BCUT2D eigenvalue weighted by Gasteiger charge is 2.51. The van der Waals surface area contributed by atoms with Gasteiger partial charge in [-0.05, 0) is 25.4 Å². The lowest BCUT2D eigenvalue weighted by molar-refractivity contribution is -0.161. The van der Waals surface area contributed by atoms with Crippen LogP contribution in [0.4, 0.5) is 0 Å². The van der Waals surface area contributed by atoms with Gasteiger partial charge < -0.3 is 14.5 Å².